The smallest absolute Gasteiger partial charge is 0.109 e. The predicted octanol–water partition coefficient (Wildman–Crippen LogP) is 5.74. The summed E-state index contributed by atoms with van der Waals surface area (Å²) in [6.07, 6.45) is 4.60. The molecular weight excluding hydrogens is 255 g/mol. The average molecular weight is 275 g/mol. The summed E-state index contributed by atoms with van der Waals surface area (Å²) in [5.74, 6) is 0.549. The maximum atomic E-state index is 13.5. The fraction of sp³-hybridized carbons (Fsp3) is 0.571. The van der Waals surface area contributed by atoms with E-state index in [0.29, 0.717) is 12.2 Å². The fourth-order valence-corrected chi connectivity index (χ4v) is 2.59. The van der Waals surface area contributed by atoms with E-state index < -0.39 is 6.17 Å². The number of unbranched alkanes of at least 4 members (excludes halogenated alkanes) is 3. The van der Waals surface area contributed by atoms with Gasteiger partial charge in [0, 0.05) is 15.7 Å². The Balaban J connectivity index is 2.14. The van der Waals surface area contributed by atoms with Crippen molar-refractivity contribution < 1.29 is 4.39 Å². The molecule has 0 heterocycles. The Kier molecular flexibility index (Phi) is 7.70. The highest BCUT2D eigenvalue weighted by Crippen LogP contribution is 2.23. The molecule has 0 aromatic heterocycles. The van der Waals surface area contributed by atoms with E-state index in [2.05, 4.69) is 6.92 Å². The van der Waals surface area contributed by atoms with Crippen LogP contribution in [0.15, 0.2) is 29.2 Å². The minimum atomic E-state index is -0.687. The van der Waals surface area contributed by atoms with Crippen LogP contribution in [0.2, 0.25) is 5.02 Å². The second-order valence-electron chi connectivity index (χ2n) is 4.21. The van der Waals surface area contributed by atoms with E-state index in [1.165, 1.54) is 12.8 Å². The molecule has 0 amide bonds. The van der Waals surface area contributed by atoms with E-state index >= 15 is 0 Å². The molecular formula is C14H20ClFS. The van der Waals surface area contributed by atoms with Crippen molar-refractivity contribution in [2.75, 3.05) is 5.75 Å². The minimum Gasteiger partial charge on any atom is -0.247 e. The van der Waals surface area contributed by atoms with Gasteiger partial charge in [-0.05, 0) is 30.7 Å². The van der Waals surface area contributed by atoms with Gasteiger partial charge in [0.05, 0.1) is 0 Å². The third-order valence-corrected chi connectivity index (χ3v) is 4.00. The molecule has 1 unspecified atom stereocenters. The van der Waals surface area contributed by atoms with Crippen molar-refractivity contribution in [2.45, 2.75) is 50.1 Å². The van der Waals surface area contributed by atoms with Crippen LogP contribution in [0.1, 0.15) is 39.0 Å². The van der Waals surface area contributed by atoms with Gasteiger partial charge >= 0.3 is 0 Å². The quantitative estimate of drug-likeness (QED) is 0.430. The van der Waals surface area contributed by atoms with Gasteiger partial charge in [-0.15, -0.1) is 11.8 Å². The molecule has 0 saturated carbocycles. The molecule has 0 nitrogen and oxygen atoms in total. The van der Waals surface area contributed by atoms with Crippen LogP contribution in [0.5, 0.6) is 0 Å². The Morgan fingerprint density at radius 1 is 1.18 bits per heavy atom. The second-order valence-corrected chi connectivity index (χ2v) is 5.74. The highest BCUT2D eigenvalue weighted by atomic mass is 35.5. The molecule has 0 aliphatic heterocycles. The Hall–Kier alpha value is -0.210. The van der Waals surface area contributed by atoms with Gasteiger partial charge in [0.1, 0.15) is 6.17 Å². The first-order chi connectivity index (χ1) is 8.22. The first-order valence-corrected chi connectivity index (χ1v) is 7.61. The Labute approximate surface area is 113 Å². The zero-order valence-corrected chi connectivity index (χ0v) is 11.9. The lowest BCUT2D eigenvalue weighted by molar-refractivity contribution is 0.336. The van der Waals surface area contributed by atoms with E-state index in [1.54, 1.807) is 11.8 Å². The van der Waals surface area contributed by atoms with E-state index in [1.807, 2.05) is 24.3 Å². The zero-order valence-electron chi connectivity index (χ0n) is 10.3. The van der Waals surface area contributed by atoms with Crippen LogP contribution in [0.4, 0.5) is 4.39 Å². The number of hydrogen-bond donors (Lipinski definition) is 0. The van der Waals surface area contributed by atoms with Crippen molar-refractivity contribution in [1.82, 2.24) is 0 Å². The van der Waals surface area contributed by atoms with Gasteiger partial charge in [0.2, 0.25) is 0 Å². The van der Waals surface area contributed by atoms with Crippen molar-refractivity contribution in [3.63, 3.8) is 0 Å². The number of halogens is 2. The van der Waals surface area contributed by atoms with Crippen LogP contribution in [-0.4, -0.2) is 11.9 Å². The third kappa shape index (κ3) is 6.95. The fourth-order valence-electron chi connectivity index (χ4n) is 1.59. The summed E-state index contributed by atoms with van der Waals surface area (Å²) in [6.45, 7) is 2.17. The lowest BCUT2D eigenvalue weighted by Gasteiger charge is -2.07. The number of thioether (sulfide) groups is 1. The molecule has 3 heteroatoms. The monoisotopic (exact) mass is 274 g/mol. The summed E-state index contributed by atoms with van der Waals surface area (Å²) in [6, 6.07) is 7.57. The van der Waals surface area contributed by atoms with Crippen molar-refractivity contribution in [1.29, 1.82) is 0 Å². The van der Waals surface area contributed by atoms with Gasteiger partial charge in [0.15, 0.2) is 0 Å². The predicted molar refractivity (Wildman–Crippen MR) is 75.8 cm³/mol. The molecule has 96 valence electrons. The van der Waals surface area contributed by atoms with Gasteiger partial charge in [-0.1, -0.05) is 44.2 Å². The standard InChI is InChI=1S/C14H20ClFS/c1-2-3-4-5-6-13(16)11-17-14-9-7-12(15)8-10-14/h7-10,13H,2-6,11H2,1H3. The van der Waals surface area contributed by atoms with E-state index in [9.17, 15) is 4.39 Å². The van der Waals surface area contributed by atoms with Gasteiger partial charge in [-0.2, -0.15) is 0 Å². The van der Waals surface area contributed by atoms with Gasteiger partial charge in [-0.3, -0.25) is 0 Å². The lowest BCUT2D eigenvalue weighted by atomic mass is 10.1. The third-order valence-electron chi connectivity index (χ3n) is 2.62. The van der Waals surface area contributed by atoms with Gasteiger partial charge in [0.25, 0.3) is 0 Å². The molecule has 1 aromatic rings. The molecule has 0 saturated heterocycles. The number of alkyl halides is 1. The topological polar surface area (TPSA) is 0 Å². The minimum absolute atomic E-state index is 0.549. The summed E-state index contributed by atoms with van der Waals surface area (Å²) in [7, 11) is 0. The van der Waals surface area contributed by atoms with E-state index in [4.69, 9.17) is 11.6 Å². The molecule has 0 radical (unpaired) electrons. The van der Waals surface area contributed by atoms with Crippen LogP contribution < -0.4 is 0 Å². The van der Waals surface area contributed by atoms with Gasteiger partial charge < -0.3 is 0 Å². The van der Waals surface area contributed by atoms with Gasteiger partial charge in [-0.25, -0.2) is 4.39 Å². The molecule has 1 aromatic carbocycles. The summed E-state index contributed by atoms with van der Waals surface area (Å²) in [4.78, 5) is 1.09. The van der Waals surface area contributed by atoms with Crippen LogP contribution in [-0.2, 0) is 0 Å². The molecule has 0 fully saturated rings. The molecule has 1 rings (SSSR count). The van der Waals surface area contributed by atoms with Crippen molar-refractivity contribution >= 4 is 23.4 Å². The van der Waals surface area contributed by atoms with E-state index in [0.717, 1.165) is 22.8 Å². The summed E-state index contributed by atoms with van der Waals surface area (Å²) in [5.41, 5.74) is 0. The van der Waals surface area contributed by atoms with Crippen LogP contribution in [0.3, 0.4) is 0 Å². The Bertz CT molecular complexity index is 300. The average Bonchev–Trinajstić information content (AvgIpc) is 2.34. The normalized spacial score (nSPS) is 12.6. The first kappa shape index (κ1) is 14.8. The van der Waals surface area contributed by atoms with E-state index in [-0.39, 0.29) is 0 Å². The number of rotatable bonds is 8. The van der Waals surface area contributed by atoms with Crippen molar-refractivity contribution in [3.8, 4) is 0 Å². The maximum absolute atomic E-state index is 13.5. The highest BCUT2D eigenvalue weighted by Gasteiger charge is 2.06. The van der Waals surface area contributed by atoms with Crippen LogP contribution in [0.25, 0.3) is 0 Å². The number of benzene rings is 1. The lowest BCUT2D eigenvalue weighted by Crippen LogP contribution is -2.03. The molecule has 0 spiro atoms. The van der Waals surface area contributed by atoms with Crippen molar-refractivity contribution in [3.05, 3.63) is 29.3 Å². The Morgan fingerprint density at radius 3 is 2.53 bits per heavy atom. The summed E-state index contributed by atoms with van der Waals surface area (Å²) < 4.78 is 13.5. The van der Waals surface area contributed by atoms with Crippen LogP contribution in [0, 0.1) is 0 Å². The zero-order chi connectivity index (χ0) is 12.5. The molecule has 0 aliphatic rings. The molecule has 17 heavy (non-hydrogen) atoms. The van der Waals surface area contributed by atoms with Crippen LogP contribution >= 0.6 is 23.4 Å². The molecule has 0 N–H and O–H groups in total. The summed E-state index contributed by atoms with van der Waals surface area (Å²) >= 11 is 7.36. The first-order valence-electron chi connectivity index (χ1n) is 6.24. The second kappa shape index (κ2) is 8.82. The van der Waals surface area contributed by atoms with Crippen molar-refractivity contribution in [2.24, 2.45) is 0 Å². The molecule has 1 atom stereocenters. The summed E-state index contributed by atoms with van der Waals surface area (Å²) in [5, 5.41) is 0.728. The SMILES string of the molecule is CCCCCCC(F)CSc1ccc(Cl)cc1. The largest absolute Gasteiger partial charge is 0.247 e. The molecule has 0 bridgehead atoms. The highest BCUT2D eigenvalue weighted by molar-refractivity contribution is 7.99. The molecule has 0 aliphatic carbocycles. The number of hydrogen-bond acceptors (Lipinski definition) is 1. The Morgan fingerprint density at radius 2 is 1.88 bits per heavy atom. The maximum Gasteiger partial charge on any atom is 0.109 e.